The maximum atomic E-state index is 12.6. The molecule has 0 aliphatic heterocycles. The standard InChI is InChI=1S/C22H24N2O2/c1-15(13-22(2,3)16-9-5-4-6-10-16)24-21(26)18-14-23-19-12-8-7-11-17(19)20(18)25/h4-12,14-15H,13H2,1-3H3,(H,23,25)(H,24,26). The SMILES string of the molecule is CC(CC(C)(C)c1ccccc1)NC(=O)c1c[nH]c2ccccc2c1=O. The summed E-state index contributed by atoms with van der Waals surface area (Å²) >= 11 is 0. The van der Waals surface area contributed by atoms with Gasteiger partial charge in [-0.25, -0.2) is 0 Å². The van der Waals surface area contributed by atoms with Crippen molar-refractivity contribution in [1.82, 2.24) is 10.3 Å². The second-order valence-electron chi connectivity index (χ2n) is 7.41. The molecule has 2 aromatic carbocycles. The van der Waals surface area contributed by atoms with E-state index in [2.05, 4.69) is 36.3 Å². The molecule has 2 N–H and O–H groups in total. The van der Waals surface area contributed by atoms with Crippen LogP contribution in [0.2, 0.25) is 0 Å². The first-order valence-electron chi connectivity index (χ1n) is 8.85. The maximum absolute atomic E-state index is 12.6. The minimum absolute atomic E-state index is 0.0661. The Morgan fingerprint density at radius 2 is 1.73 bits per heavy atom. The van der Waals surface area contributed by atoms with Crippen molar-refractivity contribution in [2.75, 3.05) is 0 Å². The highest BCUT2D eigenvalue weighted by Gasteiger charge is 2.24. The molecule has 0 saturated carbocycles. The van der Waals surface area contributed by atoms with Gasteiger partial charge in [0.25, 0.3) is 5.91 Å². The minimum Gasteiger partial charge on any atom is -0.360 e. The van der Waals surface area contributed by atoms with Gasteiger partial charge in [0.2, 0.25) is 5.43 Å². The van der Waals surface area contributed by atoms with Crippen molar-refractivity contribution < 1.29 is 4.79 Å². The van der Waals surface area contributed by atoms with Gasteiger partial charge in [0, 0.05) is 23.1 Å². The number of aromatic amines is 1. The van der Waals surface area contributed by atoms with Gasteiger partial charge < -0.3 is 10.3 Å². The van der Waals surface area contributed by atoms with Gasteiger partial charge in [0.15, 0.2) is 0 Å². The van der Waals surface area contributed by atoms with Crippen molar-refractivity contribution in [2.45, 2.75) is 38.6 Å². The smallest absolute Gasteiger partial charge is 0.256 e. The third-order valence-electron chi connectivity index (χ3n) is 4.78. The number of H-pyrrole nitrogens is 1. The van der Waals surface area contributed by atoms with E-state index >= 15 is 0 Å². The van der Waals surface area contributed by atoms with Crippen molar-refractivity contribution in [3.8, 4) is 0 Å². The van der Waals surface area contributed by atoms with E-state index in [1.807, 2.05) is 37.3 Å². The molecule has 0 aliphatic carbocycles. The largest absolute Gasteiger partial charge is 0.360 e. The number of benzene rings is 2. The topological polar surface area (TPSA) is 62.0 Å². The summed E-state index contributed by atoms with van der Waals surface area (Å²) in [5.41, 5.74) is 1.78. The molecular formula is C22H24N2O2. The Kier molecular flexibility index (Phi) is 4.94. The van der Waals surface area contributed by atoms with Gasteiger partial charge in [0.05, 0.1) is 0 Å². The average molecular weight is 348 g/mol. The summed E-state index contributed by atoms with van der Waals surface area (Å²) in [5.74, 6) is -0.339. The number of para-hydroxylation sites is 1. The molecule has 26 heavy (non-hydrogen) atoms. The van der Waals surface area contributed by atoms with E-state index < -0.39 is 0 Å². The van der Waals surface area contributed by atoms with E-state index in [0.717, 1.165) is 11.9 Å². The molecule has 0 spiro atoms. The van der Waals surface area contributed by atoms with E-state index in [9.17, 15) is 9.59 Å². The summed E-state index contributed by atoms with van der Waals surface area (Å²) in [7, 11) is 0. The lowest BCUT2D eigenvalue weighted by molar-refractivity contribution is 0.0933. The fraction of sp³-hybridized carbons (Fsp3) is 0.273. The lowest BCUT2D eigenvalue weighted by atomic mass is 9.79. The monoisotopic (exact) mass is 348 g/mol. The van der Waals surface area contributed by atoms with Crippen LogP contribution in [0.15, 0.2) is 65.6 Å². The van der Waals surface area contributed by atoms with Crippen molar-refractivity contribution in [3.63, 3.8) is 0 Å². The van der Waals surface area contributed by atoms with Crippen LogP contribution in [0.5, 0.6) is 0 Å². The Balaban J connectivity index is 1.76. The Bertz CT molecular complexity index is 974. The number of carbonyl (C=O) groups is 1. The Morgan fingerprint density at radius 1 is 1.08 bits per heavy atom. The third-order valence-corrected chi connectivity index (χ3v) is 4.78. The van der Waals surface area contributed by atoms with Crippen LogP contribution in [-0.2, 0) is 5.41 Å². The third kappa shape index (κ3) is 3.69. The molecule has 4 nitrogen and oxygen atoms in total. The first-order valence-corrected chi connectivity index (χ1v) is 8.85. The molecule has 0 radical (unpaired) electrons. The fourth-order valence-corrected chi connectivity index (χ4v) is 3.46. The van der Waals surface area contributed by atoms with Gasteiger partial charge in [0.1, 0.15) is 5.56 Å². The fourth-order valence-electron chi connectivity index (χ4n) is 3.46. The van der Waals surface area contributed by atoms with Crippen LogP contribution in [0.3, 0.4) is 0 Å². The van der Waals surface area contributed by atoms with Gasteiger partial charge in [-0.3, -0.25) is 9.59 Å². The molecule has 1 atom stereocenters. The van der Waals surface area contributed by atoms with Crippen molar-refractivity contribution in [2.24, 2.45) is 0 Å². The highest BCUT2D eigenvalue weighted by atomic mass is 16.2. The molecule has 0 bridgehead atoms. The van der Waals surface area contributed by atoms with E-state index in [4.69, 9.17) is 0 Å². The van der Waals surface area contributed by atoms with Crippen molar-refractivity contribution in [1.29, 1.82) is 0 Å². The summed E-state index contributed by atoms with van der Waals surface area (Å²) < 4.78 is 0. The summed E-state index contributed by atoms with van der Waals surface area (Å²) in [4.78, 5) is 28.2. The number of amides is 1. The first kappa shape index (κ1) is 17.9. The number of carbonyl (C=O) groups excluding carboxylic acids is 1. The summed E-state index contributed by atoms with van der Waals surface area (Å²) in [6.07, 6.45) is 2.27. The molecule has 4 heteroatoms. The molecule has 1 aromatic heterocycles. The normalized spacial score (nSPS) is 12.7. The average Bonchev–Trinajstić information content (AvgIpc) is 2.62. The van der Waals surface area contributed by atoms with Crippen LogP contribution >= 0.6 is 0 Å². The number of rotatable bonds is 5. The summed E-state index contributed by atoms with van der Waals surface area (Å²) in [6, 6.07) is 17.4. The van der Waals surface area contributed by atoms with E-state index in [1.54, 1.807) is 12.1 Å². The molecule has 0 aliphatic rings. The molecule has 0 saturated heterocycles. The van der Waals surface area contributed by atoms with Crippen LogP contribution in [0.1, 0.15) is 43.1 Å². The van der Waals surface area contributed by atoms with Gasteiger partial charge in [-0.15, -0.1) is 0 Å². The Hall–Kier alpha value is -2.88. The lowest BCUT2D eigenvalue weighted by Gasteiger charge is -2.29. The lowest BCUT2D eigenvalue weighted by Crippen LogP contribution is -2.39. The highest BCUT2D eigenvalue weighted by Crippen LogP contribution is 2.28. The second-order valence-corrected chi connectivity index (χ2v) is 7.41. The number of hydrogen-bond donors (Lipinski definition) is 2. The second kappa shape index (κ2) is 7.16. The number of fused-ring (bicyclic) bond motifs is 1. The van der Waals surface area contributed by atoms with Crippen LogP contribution in [0, 0.1) is 0 Å². The minimum atomic E-state index is -0.339. The molecule has 0 fully saturated rings. The molecule has 3 rings (SSSR count). The van der Waals surface area contributed by atoms with Crippen LogP contribution < -0.4 is 10.7 Å². The predicted molar refractivity (Wildman–Crippen MR) is 106 cm³/mol. The number of hydrogen-bond acceptors (Lipinski definition) is 2. The van der Waals surface area contributed by atoms with Crippen LogP contribution in [-0.4, -0.2) is 16.9 Å². The van der Waals surface area contributed by atoms with E-state index in [0.29, 0.717) is 5.39 Å². The van der Waals surface area contributed by atoms with E-state index in [-0.39, 0.29) is 28.4 Å². The predicted octanol–water partition coefficient (Wildman–Crippen LogP) is 4.01. The van der Waals surface area contributed by atoms with Crippen LogP contribution in [0.4, 0.5) is 0 Å². The Labute approximate surface area is 153 Å². The van der Waals surface area contributed by atoms with Crippen LogP contribution in [0.25, 0.3) is 10.9 Å². The zero-order valence-corrected chi connectivity index (χ0v) is 15.4. The molecule has 1 unspecified atom stereocenters. The number of pyridine rings is 1. The zero-order valence-electron chi connectivity index (χ0n) is 15.4. The first-order chi connectivity index (χ1) is 12.4. The highest BCUT2D eigenvalue weighted by molar-refractivity contribution is 5.97. The summed E-state index contributed by atoms with van der Waals surface area (Å²) in [5, 5.41) is 3.49. The molecule has 1 heterocycles. The molecule has 134 valence electrons. The van der Waals surface area contributed by atoms with Gasteiger partial charge >= 0.3 is 0 Å². The number of aromatic nitrogens is 1. The van der Waals surface area contributed by atoms with Gasteiger partial charge in [-0.1, -0.05) is 56.3 Å². The Morgan fingerprint density at radius 3 is 2.46 bits per heavy atom. The zero-order chi connectivity index (χ0) is 18.7. The molecular weight excluding hydrogens is 324 g/mol. The van der Waals surface area contributed by atoms with Gasteiger partial charge in [-0.05, 0) is 36.5 Å². The molecule has 1 amide bonds. The maximum Gasteiger partial charge on any atom is 0.256 e. The van der Waals surface area contributed by atoms with Gasteiger partial charge in [-0.2, -0.15) is 0 Å². The quantitative estimate of drug-likeness (QED) is 0.732. The van der Waals surface area contributed by atoms with Crippen molar-refractivity contribution >= 4 is 16.8 Å². The van der Waals surface area contributed by atoms with E-state index in [1.165, 1.54) is 11.8 Å². The van der Waals surface area contributed by atoms with Crippen molar-refractivity contribution in [3.05, 3.63) is 82.1 Å². The molecule has 3 aromatic rings. The summed E-state index contributed by atoms with van der Waals surface area (Å²) in [6.45, 7) is 6.29. The number of nitrogens with one attached hydrogen (secondary N) is 2.